The first-order valence-electron chi connectivity index (χ1n) is 8.83. The molecule has 0 amide bonds. The summed E-state index contributed by atoms with van der Waals surface area (Å²) in [5.74, 6) is -1.44. The molecule has 168 valence electrons. The van der Waals surface area contributed by atoms with Gasteiger partial charge in [0.05, 0.1) is 24.8 Å². The molecule has 1 heterocycles. The van der Waals surface area contributed by atoms with E-state index in [1.165, 1.54) is 50.6 Å². The summed E-state index contributed by atoms with van der Waals surface area (Å²) in [6.07, 6.45) is 0. The summed E-state index contributed by atoms with van der Waals surface area (Å²) < 4.78 is 64.3. The summed E-state index contributed by atoms with van der Waals surface area (Å²) in [7, 11) is -1.27. The van der Waals surface area contributed by atoms with E-state index in [1.807, 2.05) is 0 Å². The fraction of sp³-hybridized carbons (Fsp3) is 0.105. The van der Waals surface area contributed by atoms with Crippen molar-refractivity contribution in [1.29, 1.82) is 0 Å². The number of nitrogens with zero attached hydrogens (tertiary/aromatic N) is 2. The molecule has 0 saturated heterocycles. The van der Waals surface area contributed by atoms with Crippen LogP contribution in [0, 0.1) is 11.6 Å². The van der Waals surface area contributed by atoms with Crippen molar-refractivity contribution in [2.24, 2.45) is 0 Å². The highest BCUT2D eigenvalue weighted by molar-refractivity contribution is 7.92. The molecule has 0 aliphatic rings. The Morgan fingerprint density at radius 1 is 0.969 bits per heavy atom. The molecule has 13 heteroatoms. The zero-order valence-corrected chi connectivity index (χ0v) is 18.4. The van der Waals surface area contributed by atoms with Crippen LogP contribution in [0.15, 0.2) is 53.4 Å². The quantitative estimate of drug-likeness (QED) is 0.437. The molecule has 0 spiro atoms. The molecule has 3 N–H and O–H groups in total. The molecule has 0 fully saturated rings. The number of ether oxygens (including phenoxy) is 2. The van der Waals surface area contributed by atoms with Crippen molar-refractivity contribution in [1.82, 2.24) is 9.97 Å². The van der Waals surface area contributed by atoms with Crippen LogP contribution in [0.5, 0.6) is 11.9 Å². The van der Waals surface area contributed by atoms with Crippen molar-refractivity contribution >= 4 is 44.5 Å². The van der Waals surface area contributed by atoms with Crippen LogP contribution in [-0.4, -0.2) is 37.7 Å². The van der Waals surface area contributed by atoms with Gasteiger partial charge in [-0.2, -0.15) is 9.97 Å². The lowest BCUT2D eigenvalue weighted by atomic mass is 10.3. The number of halogens is 2. The molecule has 9 nitrogen and oxygen atoms in total. The Morgan fingerprint density at radius 3 is 2.31 bits per heavy atom. The summed E-state index contributed by atoms with van der Waals surface area (Å²) in [6.45, 7) is 0. The van der Waals surface area contributed by atoms with Crippen LogP contribution in [-0.2, 0) is 10.0 Å². The molecule has 0 saturated carbocycles. The van der Waals surface area contributed by atoms with Crippen LogP contribution in [0.2, 0.25) is 0 Å². The van der Waals surface area contributed by atoms with Gasteiger partial charge in [0.2, 0.25) is 5.88 Å². The minimum absolute atomic E-state index is 0.0111. The van der Waals surface area contributed by atoms with Gasteiger partial charge in [-0.1, -0.05) is 0 Å². The predicted molar refractivity (Wildman–Crippen MR) is 119 cm³/mol. The minimum atomic E-state index is -3.98. The largest absolute Gasteiger partial charge is 0.481 e. The van der Waals surface area contributed by atoms with Crippen LogP contribution in [0.3, 0.4) is 0 Å². The van der Waals surface area contributed by atoms with Crippen molar-refractivity contribution in [3.05, 3.63) is 60.2 Å². The predicted octanol–water partition coefficient (Wildman–Crippen LogP) is 3.38. The van der Waals surface area contributed by atoms with E-state index in [9.17, 15) is 17.2 Å². The summed E-state index contributed by atoms with van der Waals surface area (Å²) in [5.41, 5.74) is 0.428. The van der Waals surface area contributed by atoms with E-state index in [0.29, 0.717) is 5.69 Å². The van der Waals surface area contributed by atoms with Gasteiger partial charge in [0.25, 0.3) is 10.0 Å². The molecule has 3 rings (SSSR count). The Bertz CT molecular complexity index is 1220. The first-order valence-corrected chi connectivity index (χ1v) is 10.7. The Balaban J connectivity index is 1.69. The first kappa shape index (κ1) is 23.1. The number of sulfonamides is 1. The van der Waals surface area contributed by atoms with Crippen LogP contribution < -0.4 is 24.8 Å². The number of anilines is 3. The fourth-order valence-corrected chi connectivity index (χ4v) is 3.66. The second kappa shape index (κ2) is 9.70. The number of methoxy groups -OCH3 is 2. The Morgan fingerprint density at radius 2 is 1.69 bits per heavy atom. The van der Waals surface area contributed by atoms with Gasteiger partial charge >= 0.3 is 6.01 Å². The summed E-state index contributed by atoms with van der Waals surface area (Å²) in [5, 5.41) is 5.41. The third kappa shape index (κ3) is 5.76. The second-order valence-corrected chi connectivity index (χ2v) is 8.21. The minimum Gasteiger partial charge on any atom is -0.481 e. The summed E-state index contributed by atoms with van der Waals surface area (Å²) in [6, 6.07) is 9.84. The molecule has 0 radical (unpaired) electrons. The molecular weight excluding hydrogens is 464 g/mol. The number of hydrogen-bond acceptors (Lipinski definition) is 7. The van der Waals surface area contributed by atoms with E-state index in [-0.39, 0.29) is 33.4 Å². The maximum absolute atomic E-state index is 13.7. The molecule has 2 aromatic carbocycles. The molecule has 0 bridgehead atoms. The maximum Gasteiger partial charge on any atom is 0.321 e. The van der Waals surface area contributed by atoms with E-state index in [4.69, 9.17) is 21.7 Å². The number of nitrogens with one attached hydrogen (secondary N) is 3. The molecule has 3 aromatic rings. The molecule has 0 aliphatic heterocycles. The number of benzene rings is 2. The second-order valence-electron chi connectivity index (χ2n) is 6.12. The molecule has 32 heavy (non-hydrogen) atoms. The SMILES string of the molecule is COc1cc(NS(=O)(=O)c2ccc(NC(=S)Nc3ccc(F)cc3F)cc2)nc(OC)n1. The molecular formula is C19H17F2N5O4S2. The Hall–Kier alpha value is -3.58. The van der Waals surface area contributed by atoms with Crippen LogP contribution >= 0.6 is 12.2 Å². The number of rotatable bonds is 7. The standard InChI is InChI=1S/C19H17F2N5O4S2/c1-29-17-10-16(24-18(25-17)30-2)26-32(27,28)13-6-4-12(5-7-13)22-19(31)23-15-8-3-11(20)9-14(15)21/h3-10H,1-2H3,(H2,22,23,31)(H,24,25,26). The highest BCUT2D eigenvalue weighted by atomic mass is 32.2. The number of hydrogen-bond donors (Lipinski definition) is 3. The van der Waals surface area contributed by atoms with Crippen molar-refractivity contribution < 1.29 is 26.7 Å². The average molecular weight is 482 g/mol. The lowest BCUT2D eigenvalue weighted by Gasteiger charge is -2.12. The average Bonchev–Trinajstić information content (AvgIpc) is 2.75. The lowest BCUT2D eigenvalue weighted by Crippen LogP contribution is -2.20. The van der Waals surface area contributed by atoms with E-state index >= 15 is 0 Å². The number of aromatic nitrogens is 2. The molecule has 1 aromatic heterocycles. The van der Waals surface area contributed by atoms with E-state index in [2.05, 4.69) is 25.3 Å². The highest BCUT2D eigenvalue weighted by Gasteiger charge is 2.17. The van der Waals surface area contributed by atoms with Crippen LogP contribution in [0.4, 0.5) is 26.0 Å². The zero-order valence-electron chi connectivity index (χ0n) is 16.7. The normalized spacial score (nSPS) is 10.9. The lowest BCUT2D eigenvalue weighted by molar-refractivity contribution is 0.353. The van der Waals surface area contributed by atoms with Gasteiger partial charge in [0.1, 0.15) is 11.6 Å². The fourth-order valence-electron chi connectivity index (χ4n) is 2.44. The van der Waals surface area contributed by atoms with E-state index in [0.717, 1.165) is 12.1 Å². The van der Waals surface area contributed by atoms with Gasteiger partial charge in [-0.3, -0.25) is 4.72 Å². The van der Waals surface area contributed by atoms with Crippen molar-refractivity contribution in [3.63, 3.8) is 0 Å². The third-order valence-electron chi connectivity index (χ3n) is 3.91. The molecule has 0 unspecified atom stereocenters. The first-order chi connectivity index (χ1) is 15.2. The molecule has 0 atom stereocenters. The van der Waals surface area contributed by atoms with Gasteiger partial charge in [-0.05, 0) is 48.6 Å². The van der Waals surface area contributed by atoms with Crippen molar-refractivity contribution in [2.75, 3.05) is 29.6 Å². The zero-order chi connectivity index (χ0) is 23.3. The van der Waals surface area contributed by atoms with E-state index in [1.54, 1.807) is 0 Å². The Kier molecular flexibility index (Phi) is 7.00. The smallest absolute Gasteiger partial charge is 0.321 e. The topological polar surface area (TPSA) is 114 Å². The third-order valence-corrected chi connectivity index (χ3v) is 5.49. The van der Waals surface area contributed by atoms with Gasteiger partial charge in [0, 0.05) is 17.8 Å². The van der Waals surface area contributed by atoms with Gasteiger partial charge < -0.3 is 20.1 Å². The van der Waals surface area contributed by atoms with E-state index < -0.39 is 21.7 Å². The summed E-state index contributed by atoms with van der Waals surface area (Å²) >= 11 is 5.10. The van der Waals surface area contributed by atoms with Gasteiger partial charge in [-0.15, -0.1) is 0 Å². The van der Waals surface area contributed by atoms with Gasteiger partial charge in [0.15, 0.2) is 10.9 Å². The van der Waals surface area contributed by atoms with Crippen LogP contribution in [0.25, 0.3) is 0 Å². The molecule has 0 aliphatic carbocycles. The maximum atomic E-state index is 13.7. The Labute approximate surface area is 187 Å². The summed E-state index contributed by atoms with van der Waals surface area (Å²) in [4.78, 5) is 7.76. The van der Waals surface area contributed by atoms with Crippen molar-refractivity contribution in [3.8, 4) is 11.9 Å². The van der Waals surface area contributed by atoms with Crippen LogP contribution in [0.1, 0.15) is 0 Å². The monoisotopic (exact) mass is 481 g/mol. The number of thiocarbonyl (C=S) groups is 1. The van der Waals surface area contributed by atoms with Crippen molar-refractivity contribution in [2.45, 2.75) is 4.90 Å². The highest BCUT2D eigenvalue weighted by Crippen LogP contribution is 2.22. The van der Waals surface area contributed by atoms with Gasteiger partial charge in [-0.25, -0.2) is 17.2 Å².